The van der Waals surface area contributed by atoms with E-state index in [0.717, 1.165) is 32.8 Å². The van der Waals surface area contributed by atoms with Gasteiger partial charge in [-0.15, -0.1) is 0 Å². The van der Waals surface area contributed by atoms with Crippen LogP contribution in [0.2, 0.25) is 0 Å². The van der Waals surface area contributed by atoms with Gasteiger partial charge in [0, 0.05) is 98.6 Å². The fourth-order valence-corrected chi connectivity index (χ4v) is 7.21. The Labute approximate surface area is 331 Å². The molecule has 0 saturated heterocycles. The topological polar surface area (TPSA) is 110 Å². The quantitative estimate of drug-likeness (QED) is 0.0845. The lowest BCUT2D eigenvalue weighted by atomic mass is 9.89. The summed E-state index contributed by atoms with van der Waals surface area (Å²) in [6.07, 6.45) is 0. The average Bonchev–Trinajstić information content (AvgIpc) is 3.19. The molecule has 2 aliphatic rings. The molecular weight excluding hydrogens is 727 g/mol. The Kier molecular flexibility index (Phi) is 11.8. The van der Waals surface area contributed by atoms with Crippen molar-refractivity contribution in [3.05, 3.63) is 119 Å². The third-order valence-corrected chi connectivity index (χ3v) is 10.7. The van der Waals surface area contributed by atoms with Gasteiger partial charge in [0.15, 0.2) is 0 Å². The lowest BCUT2D eigenvalue weighted by Crippen LogP contribution is -2.37. The number of fused-ring (bicyclic) bond motifs is 2. The number of hydrogen-bond donors (Lipinski definition) is 1. The molecule has 0 saturated carbocycles. The Balaban J connectivity index is 1.20. The van der Waals surface area contributed by atoms with Gasteiger partial charge in [0.2, 0.25) is 10.4 Å². The molecule has 1 aromatic heterocycles. The molecule has 0 spiro atoms. The van der Waals surface area contributed by atoms with Gasteiger partial charge in [-0.05, 0) is 66.2 Å². The Hall–Kier alpha value is -6.14. The van der Waals surface area contributed by atoms with Crippen molar-refractivity contribution >= 4 is 46.2 Å². The van der Waals surface area contributed by atoms with Gasteiger partial charge in [-0.3, -0.25) is 9.59 Å². The Morgan fingerprint density at radius 2 is 1.46 bits per heavy atom. The number of carbonyl (C=O) groups excluding carboxylic acids is 2. The fourth-order valence-electron chi connectivity index (χ4n) is 6.46. The van der Waals surface area contributed by atoms with Crippen LogP contribution < -0.4 is 24.1 Å². The minimum absolute atomic E-state index is 0.00699. The maximum Gasteiger partial charge on any atom is 0.373 e. The summed E-state index contributed by atoms with van der Waals surface area (Å²) in [5, 5.41) is 13.3. The smallest absolute Gasteiger partial charge is 0.373 e. The van der Waals surface area contributed by atoms with Crippen molar-refractivity contribution in [2.24, 2.45) is 7.05 Å². The fraction of sp³-hybridized carbons (Fsp3) is 0.250. The number of carboxylic acids is 1. The van der Waals surface area contributed by atoms with Crippen LogP contribution in [-0.2, 0) is 7.05 Å². The molecule has 1 N–H and O–H groups in total. The van der Waals surface area contributed by atoms with Crippen molar-refractivity contribution in [3.8, 4) is 34.1 Å². The van der Waals surface area contributed by atoms with E-state index in [1.807, 2.05) is 104 Å². The van der Waals surface area contributed by atoms with Crippen LogP contribution in [0.1, 0.15) is 38.0 Å². The number of aromatic carboxylic acids is 1. The number of carboxylic acid groups (broad SMARTS) is 1. The number of anilines is 1. The highest BCUT2D eigenvalue weighted by atomic mass is 32.2. The molecule has 0 atom stereocenters. The first-order valence-electron chi connectivity index (χ1n) is 18.2. The van der Waals surface area contributed by atoms with Gasteiger partial charge in [0.25, 0.3) is 11.8 Å². The summed E-state index contributed by atoms with van der Waals surface area (Å²) in [4.78, 5) is 44.9. The van der Waals surface area contributed by atoms with E-state index in [4.69, 9.17) is 9.15 Å². The molecule has 1 aliphatic heterocycles. The van der Waals surface area contributed by atoms with Crippen LogP contribution in [0.3, 0.4) is 0 Å². The summed E-state index contributed by atoms with van der Waals surface area (Å²) >= 11 is 1.73. The first kappa shape index (κ1) is 39.6. The summed E-state index contributed by atoms with van der Waals surface area (Å²) in [5.74, 6) is 1.13. The van der Waals surface area contributed by atoms with Gasteiger partial charge in [-0.25, -0.2) is 9.37 Å². The van der Waals surface area contributed by atoms with Crippen LogP contribution in [0.4, 0.5) is 5.69 Å². The summed E-state index contributed by atoms with van der Waals surface area (Å²) in [6.45, 7) is 2.59. The zero-order valence-corrected chi connectivity index (χ0v) is 33.8. The lowest BCUT2D eigenvalue weighted by Gasteiger charge is -2.23. The highest BCUT2D eigenvalue weighted by molar-refractivity contribution is 7.99. The Bertz CT molecular complexity index is 2490. The third kappa shape index (κ3) is 8.25. The van der Waals surface area contributed by atoms with Crippen LogP contribution in [0.5, 0.6) is 11.6 Å². The van der Waals surface area contributed by atoms with E-state index in [1.54, 1.807) is 67.2 Å². The first-order chi connectivity index (χ1) is 26.8. The second-order valence-corrected chi connectivity index (χ2v) is 15.3. The van der Waals surface area contributed by atoms with Crippen molar-refractivity contribution in [1.29, 1.82) is 0 Å². The summed E-state index contributed by atoms with van der Waals surface area (Å²) < 4.78 is 16.5. The zero-order chi connectivity index (χ0) is 40.3. The molecule has 0 radical (unpaired) electrons. The van der Waals surface area contributed by atoms with Crippen molar-refractivity contribution < 1.29 is 33.2 Å². The molecule has 4 aromatic rings. The van der Waals surface area contributed by atoms with E-state index in [1.165, 1.54) is 11.0 Å². The number of rotatable bonds is 12. The number of likely N-dealkylation sites (N-methyl/N-ethyl adjacent to an activating group) is 2. The number of thioether (sulfide) groups is 1. The van der Waals surface area contributed by atoms with E-state index in [2.05, 4.69) is 6.92 Å². The lowest BCUT2D eigenvalue weighted by molar-refractivity contribution is -0.712. The van der Waals surface area contributed by atoms with Crippen LogP contribution in [-0.4, -0.2) is 93.8 Å². The first-order valence-corrected chi connectivity index (χ1v) is 19.2. The average molecular weight is 774 g/mol. The highest BCUT2D eigenvalue weighted by Crippen LogP contribution is 2.42. The SMILES string of the molecule is CCSc1cccc(Oc2ccc(C(=O)N(C)CCN(C)C(=O)c3ccc(-c4c5ccc(=[N+](C)C)cc-5oc5cc(N(C)C)ccc45)c(C(=O)O)c3)cc2)[n+]1C. The number of carbonyl (C=O) groups is 3. The summed E-state index contributed by atoms with van der Waals surface area (Å²) in [5.41, 5.74) is 4.17. The standard InChI is InChI=1S/C44H46N5O6S/c1-9-56-40-12-10-11-39(49(40)8)54-32-18-13-28(14-19-32)42(50)47(6)23-24-48(7)43(51)29-15-20-33(36(25-29)44(52)53)41-34-21-16-30(45(2)3)26-37(34)55-38-27-31(46(4)5)17-22-35(38)41/h10-22,25-27H,9,23-24H2,1-8H3/q+1/p+1. The van der Waals surface area contributed by atoms with Crippen LogP contribution in [0.15, 0.2) is 107 Å². The Morgan fingerprint density at radius 3 is 2.11 bits per heavy atom. The molecule has 288 valence electrons. The number of benzene rings is 4. The number of nitrogens with zero attached hydrogens (tertiary/aromatic N) is 5. The molecule has 0 bridgehead atoms. The van der Waals surface area contributed by atoms with Gasteiger partial charge in [0.05, 0.1) is 17.7 Å². The van der Waals surface area contributed by atoms with Gasteiger partial charge in [-0.1, -0.05) is 24.8 Å². The largest absolute Gasteiger partial charge is 0.478 e. The van der Waals surface area contributed by atoms with E-state index in [0.29, 0.717) is 39.7 Å². The molecular formula is C44H47N5O6S+2. The number of amides is 2. The number of hydrogen-bond acceptors (Lipinski definition) is 7. The van der Waals surface area contributed by atoms with E-state index in [-0.39, 0.29) is 36.0 Å². The van der Waals surface area contributed by atoms with Crippen molar-refractivity contribution in [1.82, 2.24) is 14.4 Å². The second kappa shape index (κ2) is 16.7. The molecule has 1 aliphatic carbocycles. The van der Waals surface area contributed by atoms with Crippen LogP contribution in [0, 0.1) is 0 Å². The van der Waals surface area contributed by atoms with Gasteiger partial charge >= 0.3 is 11.8 Å². The maximum atomic E-state index is 13.7. The van der Waals surface area contributed by atoms with Crippen molar-refractivity contribution in [2.45, 2.75) is 11.9 Å². The van der Waals surface area contributed by atoms with E-state index < -0.39 is 5.97 Å². The molecule has 56 heavy (non-hydrogen) atoms. The van der Waals surface area contributed by atoms with Crippen molar-refractivity contribution in [2.75, 3.05) is 66.0 Å². The summed E-state index contributed by atoms with van der Waals surface area (Å²) in [6, 6.07) is 29.3. The van der Waals surface area contributed by atoms with Gasteiger partial charge in [-0.2, -0.15) is 4.57 Å². The number of pyridine rings is 1. The predicted octanol–water partition coefficient (Wildman–Crippen LogP) is 6.57. The molecule has 11 nitrogen and oxygen atoms in total. The van der Waals surface area contributed by atoms with Gasteiger partial charge in [0.1, 0.15) is 38.2 Å². The minimum atomic E-state index is -1.16. The van der Waals surface area contributed by atoms with E-state index in [9.17, 15) is 19.5 Å². The molecule has 0 unspecified atom stereocenters. The van der Waals surface area contributed by atoms with E-state index >= 15 is 0 Å². The molecule has 0 fully saturated rings. The number of aromatic nitrogens is 1. The van der Waals surface area contributed by atoms with Crippen molar-refractivity contribution in [3.63, 3.8) is 0 Å². The normalized spacial score (nSPS) is 11.1. The Morgan fingerprint density at radius 1 is 0.804 bits per heavy atom. The second-order valence-electron chi connectivity index (χ2n) is 14.0. The molecule has 2 amide bonds. The minimum Gasteiger partial charge on any atom is -0.478 e. The van der Waals surface area contributed by atoms with Crippen LogP contribution in [0.25, 0.3) is 33.4 Å². The van der Waals surface area contributed by atoms with Crippen LogP contribution >= 0.6 is 11.8 Å². The van der Waals surface area contributed by atoms with Gasteiger partial charge < -0.3 is 29.0 Å². The molecule has 6 rings (SSSR count). The molecule has 3 aromatic carbocycles. The maximum absolute atomic E-state index is 13.7. The molecule has 2 heterocycles. The monoisotopic (exact) mass is 773 g/mol. The highest BCUT2D eigenvalue weighted by Gasteiger charge is 2.25. The zero-order valence-electron chi connectivity index (χ0n) is 33.0. The molecule has 12 heteroatoms. The summed E-state index contributed by atoms with van der Waals surface area (Å²) in [7, 11) is 13.1. The third-order valence-electron chi connectivity index (χ3n) is 9.71. The predicted molar refractivity (Wildman–Crippen MR) is 221 cm³/mol. The number of ether oxygens (including phenoxy) is 1.